The van der Waals surface area contributed by atoms with Crippen LogP contribution in [0.15, 0.2) is 24.3 Å². The summed E-state index contributed by atoms with van der Waals surface area (Å²) in [6, 6.07) is 5.52. The van der Waals surface area contributed by atoms with E-state index < -0.39 is 12.1 Å². The lowest BCUT2D eigenvalue weighted by Gasteiger charge is -2.35. The monoisotopic (exact) mass is 294 g/mol. The number of halogens is 1. The van der Waals surface area contributed by atoms with Crippen LogP contribution in [-0.4, -0.2) is 35.0 Å². The molecule has 0 bridgehead atoms. The summed E-state index contributed by atoms with van der Waals surface area (Å²) in [5, 5.41) is 10.4. The Balaban J connectivity index is 1.91. The van der Waals surface area contributed by atoms with E-state index in [1.165, 1.54) is 12.1 Å². The second kappa shape index (κ2) is 7.00. The highest BCUT2D eigenvalue weighted by atomic mass is 19.1. The molecule has 1 aliphatic rings. The molecule has 0 aliphatic carbocycles. The van der Waals surface area contributed by atoms with Crippen molar-refractivity contribution < 1.29 is 14.3 Å². The van der Waals surface area contributed by atoms with Gasteiger partial charge in [0, 0.05) is 13.1 Å². The summed E-state index contributed by atoms with van der Waals surface area (Å²) in [7, 11) is 0. The van der Waals surface area contributed by atoms with Crippen molar-refractivity contribution in [2.24, 2.45) is 11.7 Å². The van der Waals surface area contributed by atoms with Gasteiger partial charge in [0.05, 0.1) is 12.1 Å². The average molecular weight is 294 g/mol. The molecule has 0 spiro atoms. The Morgan fingerprint density at radius 3 is 2.48 bits per heavy atom. The predicted molar refractivity (Wildman–Crippen MR) is 78.9 cm³/mol. The topological polar surface area (TPSA) is 66.6 Å². The third-order valence-corrected chi connectivity index (χ3v) is 4.27. The van der Waals surface area contributed by atoms with E-state index in [0.717, 1.165) is 18.4 Å². The Bertz CT molecular complexity index is 470. The van der Waals surface area contributed by atoms with E-state index in [0.29, 0.717) is 19.5 Å². The summed E-state index contributed by atoms with van der Waals surface area (Å²) in [6.45, 7) is 3.14. The predicted octanol–water partition coefficient (Wildman–Crippen LogP) is 1.83. The van der Waals surface area contributed by atoms with Gasteiger partial charge in [-0.05, 0) is 42.9 Å². The van der Waals surface area contributed by atoms with Crippen LogP contribution < -0.4 is 5.73 Å². The third-order valence-electron chi connectivity index (χ3n) is 4.27. The Hall–Kier alpha value is -1.46. The first-order chi connectivity index (χ1) is 10.0. The summed E-state index contributed by atoms with van der Waals surface area (Å²) in [6.07, 6.45) is 1.50. The van der Waals surface area contributed by atoms with Crippen LogP contribution in [0.2, 0.25) is 0 Å². The molecule has 1 heterocycles. The number of amides is 1. The third kappa shape index (κ3) is 3.80. The SMILES string of the molecule is CC[C@H](N)C(=O)N1CCC([C@H](O)c2ccc(F)cc2)CC1. The number of aliphatic hydroxyl groups excluding tert-OH is 1. The van der Waals surface area contributed by atoms with Crippen molar-refractivity contribution in [3.05, 3.63) is 35.6 Å². The van der Waals surface area contributed by atoms with Gasteiger partial charge in [0.2, 0.25) is 5.91 Å². The van der Waals surface area contributed by atoms with Gasteiger partial charge in [0.25, 0.3) is 0 Å². The molecule has 3 N–H and O–H groups in total. The summed E-state index contributed by atoms with van der Waals surface area (Å²) in [5.41, 5.74) is 6.50. The maximum Gasteiger partial charge on any atom is 0.239 e. The Labute approximate surface area is 124 Å². The molecule has 0 radical (unpaired) electrons. The zero-order valence-corrected chi connectivity index (χ0v) is 12.3. The number of carbonyl (C=O) groups excluding carboxylic acids is 1. The van der Waals surface area contributed by atoms with Crippen molar-refractivity contribution in [1.82, 2.24) is 4.90 Å². The lowest BCUT2D eigenvalue weighted by molar-refractivity contribution is -0.134. The van der Waals surface area contributed by atoms with Crippen molar-refractivity contribution >= 4 is 5.91 Å². The maximum absolute atomic E-state index is 12.9. The molecule has 0 unspecified atom stereocenters. The molecule has 1 amide bonds. The van der Waals surface area contributed by atoms with E-state index >= 15 is 0 Å². The smallest absolute Gasteiger partial charge is 0.239 e. The number of benzene rings is 1. The Morgan fingerprint density at radius 2 is 1.95 bits per heavy atom. The summed E-state index contributed by atoms with van der Waals surface area (Å²) < 4.78 is 12.9. The highest BCUT2D eigenvalue weighted by Gasteiger charge is 2.29. The number of aliphatic hydroxyl groups is 1. The normalized spacial score (nSPS) is 19.3. The van der Waals surface area contributed by atoms with E-state index in [1.807, 2.05) is 6.92 Å². The van der Waals surface area contributed by atoms with Gasteiger partial charge in [-0.25, -0.2) is 4.39 Å². The molecule has 0 saturated carbocycles. The second-order valence-corrected chi connectivity index (χ2v) is 5.67. The van der Waals surface area contributed by atoms with E-state index in [4.69, 9.17) is 5.73 Å². The number of likely N-dealkylation sites (tertiary alicyclic amines) is 1. The molecule has 2 rings (SSSR count). The highest BCUT2D eigenvalue weighted by Crippen LogP contribution is 2.30. The first-order valence-corrected chi connectivity index (χ1v) is 7.50. The fraction of sp³-hybridized carbons (Fsp3) is 0.562. The van der Waals surface area contributed by atoms with Crippen LogP contribution in [-0.2, 0) is 4.79 Å². The van der Waals surface area contributed by atoms with Gasteiger partial charge in [-0.3, -0.25) is 4.79 Å². The van der Waals surface area contributed by atoms with Crippen LogP contribution >= 0.6 is 0 Å². The van der Waals surface area contributed by atoms with Crippen molar-refractivity contribution in [2.45, 2.75) is 38.3 Å². The molecular formula is C16H23FN2O2. The molecule has 0 aromatic heterocycles. The van der Waals surface area contributed by atoms with Gasteiger partial charge in [0.1, 0.15) is 5.82 Å². The highest BCUT2D eigenvalue weighted by molar-refractivity contribution is 5.81. The van der Waals surface area contributed by atoms with Gasteiger partial charge < -0.3 is 15.7 Å². The van der Waals surface area contributed by atoms with Gasteiger partial charge in [-0.15, -0.1) is 0 Å². The number of hydrogen-bond acceptors (Lipinski definition) is 3. The fourth-order valence-electron chi connectivity index (χ4n) is 2.78. The van der Waals surface area contributed by atoms with E-state index in [-0.39, 0.29) is 17.6 Å². The molecular weight excluding hydrogens is 271 g/mol. The minimum atomic E-state index is -0.609. The van der Waals surface area contributed by atoms with Crippen LogP contribution in [0.3, 0.4) is 0 Å². The molecule has 2 atom stereocenters. The summed E-state index contributed by atoms with van der Waals surface area (Å²) in [5.74, 6) is -0.218. The van der Waals surface area contributed by atoms with Crippen LogP contribution in [0.4, 0.5) is 4.39 Å². The zero-order valence-electron chi connectivity index (χ0n) is 12.3. The molecule has 1 aromatic rings. The molecule has 4 nitrogen and oxygen atoms in total. The van der Waals surface area contributed by atoms with E-state index in [2.05, 4.69) is 0 Å². The lowest BCUT2D eigenvalue weighted by atomic mass is 9.87. The van der Waals surface area contributed by atoms with Crippen LogP contribution in [0, 0.1) is 11.7 Å². The van der Waals surface area contributed by atoms with Crippen LogP contribution in [0.1, 0.15) is 37.9 Å². The number of hydrogen-bond donors (Lipinski definition) is 2. The number of rotatable bonds is 4. The number of nitrogens with two attached hydrogens (primary N) is 1. The Kier molecular flexibility index (Phi) is 5.31. The van der Waals surface area contributed by atoms with Crippen molar-refractivity contribution in [2.75, 3.05) is 13.1 Å². The zero-order chi connectivity index (χ0) is 15.4. The lowest BCUT2D eigenvalue weighted by Crippen LogP contribution is -2.47. The van der Waals surface area contributed by atoms with Crippen molar-refractivity contribution in [1.29, 1.82) is 0 Å². The number of carbonyl (C=O) groups is 1. The quantitative estimate of drug-likeness (QED) is 0.890. The Morgan fingerprint density at radius 1 is 1.38 bits per heavy atom. The number of piperidine rings is 1. The maximum atomic E-state index is 12.9. The van der Waals surface area contributed by atoms with Crippen LogP contribution in [0.5, 0.6) is 0 Å². The molecule has 5 heteroatoms. The minimum absolute atomic E-state index is 0.00720. The second-order valence-electron chi connectivity index (χ2n) is 5.67. The first-order valence-electron chi connectivity index (χ1n) is 7.50. The standard InChI is InChI=1S/C16H23FN2O2/c1-2-14(18)16(21)19-9-7-12(8-10-19)15(20)11-3-5-13(17)6-4-11/h3-6,12,14-15,20H,2,7-10,18H2,1H3/t14-,15+/m0/s1. The largest absolute Gasteiger partial charge is 0.388 e. The summed E-state index contributed by atoms with van der Waals surface area (Å²) >= 11 is 0. The first kappa shape index (κ1) is 15.9. The van der Waals surface area contributed by atoms with E-state index in [9.17, 15) is 14.3 Å². The van der Waals surface area contributed by atoms with Gasteiger partial charge in [-0.1, -0.05) is 19.1 Å². The van der Waals surface area contributed by atoms with Gasteiger partial charge in [-0.2, -0.15) is 0 Å². The fourth-order valence-corrected chi connectivity index (χ4v) is 2.78. The molecule has 1 saturated heterocycles. The summed E-state index contributed by atoms with van der Waals surface area (Å²) in [4.78, 5) is 13.8. The van der Waals surface area contributed by atoms with Gasteiger partial charge in [0.15, 0.2) is 0 Å². The number of nitrogens with zero attached hydrogens (tertiary/aromatic N) is 1. The molecule has 1 fully saturated rings. The van der Waals surface area contributed by atoms with Crippen molar-refractivity contribution in [3.63, 3.8) is 0 Å². The van der Waals surface area contributed by atoms with Crippen molar-refractivity contribution in [3.8, 4) is 0 Å². The molecule has 1 aromatic carbocycles. The average Bonchev–Trinajstić information content (AvgIpc) is 2.53. The van der Waals surface area contributed by atoms with E-state index in [1.54, 1.807) is 17.0 Å². The van der Waals surface area contributed by atoms with Gasteiger partial charge >= 0.3 is 0 Å². The molecule has 116 valence electrons. The minimum Gasteiger partial charge on any atom is -0.388 e. The molecule has 1 aliphatic heterocycles. The molecule has 21 heavy (non-hydrogen) atoms. The van der Waals surface area contributed by atoms with Crippen LogP contribution in [0.25, 0.3) is 0 Å².